The van der Waals surface area contributed by atoms with Crippen LogP contribution >= 0.6 is 11.3 Å². The van der Waals surface area contributed by atoms with E-state index in [-0.39, 0.29) is 17.3 Å². The third-order valence-electron chi connectivity index (χ3n) is 6.43. The average molecular weight is 362 g/mol. The summed E-state index contributed by atoms with van der Waals surface area (Å²) in [4.78, 5) is 26.5. The van der Waals surface area contributed by atoms with Crippen LogP contribution in [0.1, 0.15) is 67.1 Å². The molecule has 1 aromatic rings. The number of esters is 1. The highest BCUT2D eigenvalue weighted by atomic mass is 32.1. The topological polar surface area (TPSA) is 55.4 Å². The van der Waals surface area contributed by atoms with Crippen LogP contribution < -0.4 is 5.32 Å². The lowest BCUT2D eigenvalue weighted by atomic mass is 9.49. The average Bonchev–Trinajstić information content (AvgIpc) is 2.95. The second-order valence-electron chi connectivity index (χ2n) is 8.35. The van der Waals surface area contributed by atoms with Gasteiger partial charge in [0.2, 0.25) is 5.91 Å². The molecule has 5 rings (SSSR count). The Morgan fingerprint density at radius 1 is 1.20 bits per heavy atom. The molecule has 0 spiro atoms. The van der Waals surface area contributed by atoms with Crippen molar-refractivity contribution in [1.29, 1.82) is 0 Å². The molecular formula is C20H27NO3S. The van der Waals surface area contributed by atoms with E-state index in [2.05, 4.69) is 12.2 Å². The maximum absolute atomic E-state index is 13.2. The Morgan fingerprint density at radius 2 is 1.80 bits per heavy atom. The van der Waals surface area contributed by atoms with Crippen LogP contribution in [0.15, 0.2) is 6.07 Å². The van der Waals surface area contributed by atoms with E-state index in [1.54, 1.807) is 0 Å². The summed E-state index contributed by atoms with van der Waals surface area (Å²) < 4.78 is 4.92. The van der Waals surface area contributed by atoms with Gasteiger partial charge in [-0.2, -0.15) is 0 Å². The molecular weight excluding hydrogens is 334 g/mol. The minimum atomic E-state index is -0.362. The SMILES string of the molecule is CCCc1cc(C(=O)OC)c(NC(=O)C23CC4CC(CC(C4)C2)C3)s1. The van der Waals surface area contributed by atoms with Crippen molar-refractivity contribution in [2.24, 2.45) is 23.2 Å². The Kier molecular flexibility index (Phi) is 4.38. The molecule has 4 fully saturated rings. The van der Waals surface area contributed by atoms with Crippen molar-refractivity contribution in [3.8, 4) is 0 Å². The largest absolute Gasteiger partial charge is 0.465 e. The Bertz CT molecular complexity index is 658. The van der Waals surface area contributed by atoms with E-state index in [1.807, 2.05) is 6.07 Å². The number of methoxy groups -OCH3 is 1. The molecule has 0 unspecified atom stereocenters. The van der Waals surface area contributed by atoms with Crippen molar-refractivity contribution < 1.29 is 14.3 Å². The zero-order chi connectivity index (χ0) is 17.6. The van der Waals surface area contributed by atoms with Gasteiger partial charge in [0, 0.05) is 4.88 Å². The molecule has 1 N–H and O–H groups in total. The predicted molar refractivity (Wildman–Crippen MR) is 98.9 cm³/mol. The van der Waals surface area contributed by atoms with Crippen molar-refractivity contribution >= 4 is 28.2 Å². The van der Waals surface area contributed by atoms with Crippen molar-refractivity contribution in [3.05, 3.63) is 16.5 Å². The number of nitrogens with one attached hydrogen (secondary N) is 1. The van der Waals surface area contributed by atoms with E-state index in [9.17, 15) is 9.59 Å². The number of ether oxygens (including phenoxy) is 1. The summed E-state index contributed by atoms with van der Waals surface area (Å²) in [7, 11) is 1.39. The summed E-state index contributed by atoms with van der Waals surface area (Å²) in [6.45, 7) is 2.12. The Morgan fingerprint density at radius 3 is 2.32 bits per heavy atom. The second-order valence-corrected chi connectivity index (χ2v) is 9.49. The van der Waals surface area contributed by atoms with Crippen LogP contribution in [0.4, 0.5) is 5.00 Å². The summed E-state index contributed by atoms with van der Waals surface area (Å²) in [6.07, 6.45) is 8.99. The summed E-state index contributed by atoms with van der Waals surface area (Å²) >= 11 is 1.53. The summed E-state index contributed by atoms with van der Waals surface area (Å²) in [6, 6.07) is 1.88. The van der Waals surface area contributed by atoms with Gasteiger partial charge >= 0.3 is 5.97 Å². The molecule has 0 aliphatic heterocycles. The van der Waals surface area contributed by atoms with Crippen LogP contribution in [-0.2, 0) is 16.0 Å². The number of aryl methyl sites for hydroxylation is 1. The molecule has 0 saturated heterocycles. The van der Waals surface area contributed by atoms with Crippen molar-refractivity contribution in [2.75, 3.05) is 12.4 Å². The van der Waals surface area contributed by atoms with Gasteiger partial charge in [-0.25, -0.2) is 4.79 Å². The fraction of sp³-hybridized carbons (Fsp3) is 0.700. The number of carbonyl (C=O) groups excluding carboxylic acids is 2. The van der Waals surface area contributed by atoms with E-state index in [0.29, 0.717) is 10.6 Å². The smallest absolute Gasteiger partial charge is 0.340 e. The zero-order valence-electron chi connectivity index (χ0n) is 15.1. The highest BCUT2D eigenvalue weighted by Crippen LogP contribution is 2.60. The van der Waals surface area contributed by atoms with Gasteiger partial charge in [0.05, 0.1) is 18.1 Å². The quantitative estimate of drug-likeness (QED) is 0.777. The van der Waals surface area contributed by atoms with Gasteiger partial charge in [-0.05, 0) is 68.8 Å². The summed E-state index contributed by atoms with van der Waals surface area (Å²) in [5, 5.41) is 3.82. The number of carbonyl (C=O) groups is 2. The molecule has 1 aromatic heterocycles. The molecule has 0 atom stereocenters. The monoisotopic (exact) mass is 361 g/mol. The Balaban J connectivity index is 1.57. The summed E-state index contributed by atoms with van der Waals surface area (Å²) in [5.41, 5.74) is 0.311. The third kappa shape index (κ3) is 3.01. The lowest BCUT2D eigenvalue weighted by Crippen LogP contribution is -2.51. The standard InChI is InChI=1S/C20H27NO3S/c1-3-4-15-8-16(18(22)24-2)17(25-15)21-19(23)20-9-12-5-13(10-20)7-14(6-12)11-20/h8,12-14H,3-7,9-11H2,1-2H3,(H,21,23). The molecule has 5 heteroatoms. The number of anilines is 1. The van der Waals surface area contributed by atoms with Gasteiger partial charge in [-0.3, -0.25) is 4.79 Å². The molecule has 4 aliphatic rings. The normalized spacial score (nSPS) is 32.6. The van der Waals surface area contributed by atoms with Crippen LogP contribution in [0.2, 0.25) is 0 Å². The van der Waals surface area contributed by atoms with E-state index in [1.165, 1.54) is 37.7 Å². The minimum absolute atomic E-state index is 0.140. The number of hydrogen-bond donors (Lipinski definition) is 1. The van der Waals surface area contributed by atoms with Gasteiger partial charge in [0.25, 0.3) is 0 Å². The summed E-state index contributed by atoms with van der Waals surface area (Å²) in [5.74, 6) is 1.98. The third-order valence-corrected chi connectivity index (χ3v) is 7.54. The first-order valence-corrected chi connectivity index (χ1v) is 10.4. The zero-order valence-corrected chi connectivity index (χ0v) is 15.9. The first-order chi connectivity index (χ1) is 12.0. The number of thiophene rings is 1. The first-order valence-electron chi connectivity index (χ1n) is 9.55. The molecule has 4 nitrogen and oxygen atoms in total. The highest BCUT2D eigenvalue weighted by molar-refractivity contribution is 7.16. The number of hydrogen-bond acceptors (Lipinski definition) is 4. The van der Waals surface area contributed by atoms with Gasteiger partial charge in [0.1, 0.15) is 5.00 Å². The Hall–Kier alpha value is -1.36. The van der Waals surface area contributed by atoms with Gasteiger partial charge in [-0.1, -0.05) is 13.3 Å². The van der Waals surface area contributed by atoms with E-state index in [4.69, 9.17) is 4.74 Å². The molecule has 136 valence electrons. The molecule has 1 heterocycles. The van der Waals surface area contributed by atoms with Crippen molar-refractivity contribution in [3.63, 3.8) is 0 Å². The van der Waals surface area contributed by atoms with Crippen LogP contribution in [0.25, 0.3) is 0 Å². The van der Waals surface area contributed by atoms with Crippen LogP contribution in [0, 0.1) is 23.2 Å². The van der Waals surface area contributed by atoms with Crippen molar-refractivity contribution in [2.45, 2.75) is 58.3 Å². The molecule has 0 aromatic carbocycles. The van der Waals surface area contributed by atoms with Gasteiger partial charge in [-0.15, -0.1) is 11.3 Å². The fourth-order valence-electron chi connectivity index (χ4n) is 5.79. The molecule has 4 bridgehead atoms. The number of amides is 1. The predicted octanol–water partition coefficient (Wildman–Crippen LogP) is 4.64. The fourth-order valence-corrected chi connectivity index (χ4v) is 6.93. The number of rotatable bonds is 5. The second kappa shape index (κ2) is 6.42. The van der Waals surface area contributed by atoms with Crippen molar-refractivity contribution in [1.82, 2.24) is 0 Å². The van der Waals surface area contributed by atoms with Crippen LogP contribution in [0.5, 0.6) is 0 Å². The lowest BCUT2D eigenvalue weighted by Gasteiger charge is -2.55. The minimum Gasteiger partial charge on any atom is -0.465 e. The molecule has 4 saturated carbocycles. The molecule has 4 aliphatic carbocycles. The van der Waals surface area contributed by atoms with Crippen LogP contribution in [0.3, 0.4) is 0 Å². The van der Waals surface area contributed by atoms with E-state index >= 15 is 0 Å². The lowest BCUT2D eigenvalue weighted by molar-refractivity contribution is -0.140. The van der Waals surface area contributed by atoms with E-state index in [0.717, 1.165) is 54.7 Å². The maximum atomic E-state index is 13.2. The van der Waals surface area contributed by atoms with Crippen LogP contribution in [-0.4, -0.2) is 19.0 Å². The van der Waals surface area contributed by atoms with Gasteiger partial charge < -0.3 is 10.1 Å². The Labute approximate surface area is 153 Å². The molecule has 1 amide bonds. The highest BCUT2D eigenvalue weighted by Gasteiger charge is 2.54. The molecule has 25 heavy (non-hydrogen) atoms. The van der Waals surface area contributed by atoms with E-state index < -0.39 is 0 Å². The molecule has 0 radical (unpaired) electrons. The maximum Gasteiger partial charge on any atom is 0.340 e. The van der Waals surface area contributed by atoms with Gasteiger partial charge in [0.15, 0.2) is 0 Å². The first kappa shape index (κ1) is 17.1.